The van der Waals surface area contributed by atoms with Crippen LogP contribution < -0.4 is 15.8 Å². The molecule has 0 spiro atoms. The normalized spacial score (nSPS) is 13.2. The van der Waals surface area contributed by atoms with Gasteiger partial charge < -0.3 is 35.3 Å². The summed E-state index contributed by atoms with van der Waals surface area (Å²) in [6.07, 6.45) is 4.58. The van der Waals surface area contributed by atoms with Gasteiger partial charge in [0.15, 0.2) is 0 Å². The van der Waals surface area contributed by atoms with E-state index in [0.29, 0.717) is 35.5 Å². The second-order valence-electron chi connectivity index (χ2n) is 9.03. The van der Waals surface area contributed by atoms with E-state index in [9.17, 15) is 4.79 Å². The SMILES string of the molecule is COCCN1CCC(=CC(=O)O)CC1.COCCOc1cc2ncnc(Nc3ccc(C)c(Cl)c3)c2cc1N.Cl. The highest BCUT2D eigenvalue weighted by atomic mass is 35.5. The molecule has 2 heterocycles. The van der Waals surface area contributed by atoms with Gasteiger partial charge in [0.05, 0.1) is 24.4 Å². The summed E-state index contributed by atoms with van der Waals surface area (Å²) >= 11 is 6.19. The van der Waals surface area contributed by atoms with Crippen LogP contribution in [-0.2, 0) is 14.3 Å². The molecule has 0 unspecified atom stereocenters. The van der Waals surface area contributed by atoms with Crippen molar-refractivity contribution in [3.05, 3.63) is 58.9 Å². The number of rotatable bonds is 10. The molecule has 0 atom stereocenters. The molecule has 1 aromatic heterocycles. The fourth-order valence-electron chi connectivity index (χ4n) is 3.97. The highest BCUT2D eigenvalue weighted by Gasteiger charge is 2.14. The van der Waals surface area contributed by atoms with E-state index < -0.39 is 5.97 Å². The second-order valence-corrected chi connectivity index (χ2v) is 9.44. The highest BCUT2D eigenvalue weighted by Crippen LogP contribution is 2.32. The third-order valence-corrected chi connectivity index (χ3v) is 6.59. The lowest BCUT2D eigenvalue weighted by atomic mass is 10.0. The molecule has 1 aliphatic rings. The number of nitrogens with two attached hydrogens (primary N) is 1. The molecule has 0 amide bonds. The van der Waals surface area contributed by atoms with Gasteiger partial charge >= 0.3 is 5.97 Å². The fraction of sp³-hybridized carbons (Fsp3) is 0.393. The molecular formula is C28H37Cl2N5O5. The monoisotopic (exact) mass is 593 g/mol. The van der Waals surface area contributed by atoms with Crippen molar-refractivity contribution in [2.45, 2.75) is 19.8 Å². The fourth-order valence-corrected chi connectivity index (χ4v) is 4.15. The molecule has 0 aliphatic carbocycles. The number of fused-ring (bicyclic) bond motifs is 1. The first-order chi connectivity index (χ1) is 18.8. The number of aromatic nitrogens is 2. The van der Waals surface area contributed by atoms with Gasteiger partial charge in [0.2, 0.25) is 0 Å². The molecule has 10 nitrogen and oxygen atoms in total. The van der Waals surface area contributed by atoms with Crippen molar-refractivity contribution in [2.24, 2.45) is 0 Å². The van der Waals surface area contributed by atoms with Crippen molar-refractivity contribution >= 4 is 58.1 Å². The Hall–Kier alpha value is -3.15. The van der Waals surface area contributed by atoms with Gasteiger partial charge in [-0.1, -0.05) is 23.2 Å². The van der Waals surface area contributed by atoms with Crippen LogP contribution in [0.15, 0.2) is 48.3 Å². The van der Waals surface area contributed by atoms with E-state index in [2.05, 4.69) is 20.2 Å². The van der Waals surface area contributed by atoms with Crippen LogP contribution in [0.2, 0.25) is 5.02 Å². The summed E-state index contributed by atoms with van der Waals surface area (Å²) in [5.74, 6) is 0.401. The molecule has 12 heteroatoms. The number of aryl methyl sites for hydroxylation is 1. The largest absolute Gasteiger partial charge is 0.489 e. The van der Waals surface area contributed by atoms with Crippen LogP contribution in [0, 0.1) is 6.92 Å². The number of benzene rings is 2. The van der Waals surface area contributed by atoms with Gasteiger partial charge in [-0.15, -0.1) is 12.4 Å². The van der Waals surface area contributed by atoms with Gasteiger partial charge in [0.1, 0.15) is 24.5 Å². The van der Waals surface area contributed by atoms with E-state index in [1.807, 2.05) is 25.1 Å². The maximum atomic E-state index is 10.4. The molecule has 40 heavy (non-hydrogen) atoms. The summed E-state index contributed by atoms with van der Waals surface area (Å²) in [7, 11) is 3.31. The Balaban J connectivity index is 0.000000320. The topological polar surface area (TPSA) is 132 Å². The lowest BCUT2D eigenvalue weighted by Gasteiger charge is -2.27. The summed E-state index contributed by atoms with van der Waals surface area (Å²) in [5.41, 5.74) is 10.3. The number of nitrogens with zero attached hydrogens (tertiary/aromatic N) is 3. The number of likely N-dealkylation sites (tertiary alicyclic amines) is 1. The Morgan fingerprint density at radius 3 is 2.50 bits per heavy atom. The Bertz CT molecular complexity index is 1280. The zero-order chi connectivity index (χ0) is 28.2. The molecule has 0 bridgehead atoms. The van der Waals surface area contributed by atoms with Gasteiger partial charge in [0, 0.05) is 62.1 Å². The second kappa shape index (κ2) is 16.8. The number of carboxylic acid groups (broad SMARTS) is 1. The van der Waals surface area contributed by atoms with Gasteiger partial charge in [-0.3, -0.25) is 0 Å². The number of piperidine rings is 1. The summed E-state index contributed by atoms with van der Waals surface area (Å²) in [4.78, 5) is 21.3. The van der Waals surface area contributed by atoms with Gasteiger partial charge in [-0.05, 0) is 43.5 Å². The van der Waals surface area contributed by atoms with Crippen molar-refractivity contribution < 1.29 is 24.1 Å². The number of methoxy groups -OCH3 is 2. The highest BCUT2D eigenvalue weighted by molar-refractivity contribution is 6.31. The number of carbonyl (C=O) groups is 1. The minimum Gasteiger partial charge on any atom is -0.489 e. The van der Waals surface area contributed by atoms with Crippen molar-refractivity contribution in [3.8, 4) is 5.75 Å². The molecule has 1 saturated heterocycles. The summed E-state index contributed by atoms with van der Waals surface area (Å²) < 4.78 is 15.6. The number of aliphatic carboxylic acids is 1. The first kappa shape index (κ1) is 33.1. The van der Waals surface area contributed by atoms with Crippen LogP contribution in [0.25, 0.3) is 10.9 Å². The average Bonchev–Trinajstić information content (AvgIpc) is 2.91. The van der Waals surface area contributed by atoms with Crippen molar-refractivity contribution in [1.29, 1.82) is 0 Å². The van der Waals surface area contributed by atoms with Gasteiger partial charge in [0.25, 0.3) is 0 Å². The van der Waals surface area contributed by atoms with Crippen LogP contribution in [0.4, 0.5) is 17.2 Å². The lowest BCUT2D eigenvalue weighted by molar-refractivity contribution is -0.131. The van der Waals surface area contributed by atoms with Crippen LogP contribution in [0.5, 0.6) is 5.75 Å². The zero-order valence-electron chi connectivity index (χ0n) is 23.0. The van der Waals surface area contributed by atoms with Crippen molar-refractivity contribution in [1.82, 2.24) is 14.9 Å². The number of nitrogens with one attached hydrogen (secondary N) is 1. The Labute approximate surface area is 245 Å². The molecule has 0 saturated carbocycles. The van der Waals surface area contributed by atoms with E-state index in [1.54, 1.807) is 26.4 Å². The molecule has 1 aliphatic heterocycles. The van der Waals surface area contributed by atoms with E-state index in [0.717, 1.165) is 66.8 Å². The number of anilines is 3. The third-order valence-electron chi connectivity index (χ3n) is 6.18. The minimum absolute atomic E-state index is 0. The summed E-state index contributed by atoms with van der Waals surface area (Å²) in [6.45, 7) is 6.45. The first-order valence-electron chi connectivity index (χ1n) is 12.6. The number of hydrogen-bond acceptors (Lipinski definition) is 9. The molecule has 3 aromatic rings. The van der Waals surface area contributed by atoms with E-state index in [4.69, 9.17) is 36.7 Å². The van der Waals surface area contributed by atoms with Gasteiger partial charge in [-0.25, -0.2) is 14.8 Å². The molecule has 218 valence electrons. The number of hydrogen-bond donors (Lipinski definition) is 3. The van der Waals surface area contributed by atoms with Crippen molar-refractivity contribution in [2.75, 3.05) is 64.7 Å². The molecular weight excluding hydrogens is 557 g/mol. The minimum atomic E-state index is -0.828. The number of nitrogen functional groups attached to an aromatic ring is 1. The maximum Gasteiger partial charge on any atom is 0.328 e. The number of carboxylic acids is 1. The Morgan fingerprint density at radius 1 is 1.12 bits per heavy atom. The predicted molar refractivity (Wildman–Crippen MR) is 161 cm³/mol. The molecule has 1 fully saturated rings. The van der Waals surface area contributed by atoms with Crippen LogP contribution in [0.1, 0.15) is 18.4 Å². The van der Waals surface area contributed by atoms with E-state index in [-0.39, 0.29) is 12.4 Å². The smallest absolute Gasteiger partial charge is 0.328 e. The molecule has 2 aromatic carbocycles. The Morgan fingerprint density at radius 2 is 1.85 bits per heavy atom. The number of ether oxygens (including phenoxy) is 3. The predicted octanol–water partition coefficient (Wildman–Crippen LogP) is 5.10. The summed E-state index contributed by atoms with van der Waals surface area (Å²) in [6, 6.07) is 9.35. The standard InChI is InChI=1S/C18H19ClN4O2.C10H17NO3.ClH/c1-11-3-4-12(7-14(11)19)23-18-13-8-15(20)17(25-6-5-24-2)9-16(13)21-10-22-18;1-14-7-6-11-4-2-9(3-5-11)8-10(12)13;/h3-4,7-10H,5-6,20H2,1-2H3,(H,21,22,23);8H,2-7H2,1H3,(H,12,13);1H. The average molecular weight is 595 g/mol. The van der Waals surface area contributed by atoms with Gasteiger partial charge in [-0.2, -0.15) is 0 Å². The number of halogens is 2. The summed E-state index contributed by atoms with van der Waals surface area (Å²) in [5, 5.41) is 13.3. The van der Waals surface area contributed by atoms with E-state index >= 15 is 0 Å². The van der Waals surface area contributed by atoms with Crippen LogP contribution in [0.3, 0.4) is 0 Å². The van der Waals surface area contributed by atoms with Crippen molar-refractivity contribution in [3.63, 3.8) is 0 Å². The quantitative estimate of drug-likeness (QED) is 0.165. The van der Waals surface area contributed by atoms with E-state index in [1.165, 1.54) is 12.4 Å². The van der Waals surface area contributed by atoms with Crippen LogP contribution >= 0.6 is 24.0 Å². The maximum absolute atomic E-state index is 10.4. The molecule has 0 radical (unpaired) electrons. The van der Waals surface area contributed by atoms with Crippen LogP contribution in [-0.4, -0.2) is 79.6 Å². The lowest BCUT2D eigenvalue weighted by Crippen LogP contribution is -2.33. The third kappa shape index (κ3) is 10.1. The molecule has 4 rings (SSSR count). The zero-order valence-corrected chi connectivity index (χ0v) is 24.6. The Kier molecular flexibility index (Phi) is 13.9. The first-order valence-corrected chi connectivity index (χ1v) is 13.0. The molecule has 4 N–H and O–H groups in total.